The molecule has 5 heteroatoms. The van der Waals surface area contributed by atoms with E-state index in [0.717, 1.165) is 41.6 Å². The molecule has 0 bridgehead atoms. The lowest BCUT2D eigenvalue weighted by atomic mass is 9.75. The number of carboxylic acid groups (broad SMARTS) is 1. The number of ether oxygens (including phenoxy) is 1. The maximum absolute atomic E-state index is 11.9. The first-order chi connectivity index (χ1) is 14.2. The summed E-state index contributed by atoms with van der Waals surface area (Å²) in [7, 11) is 0. The van der Waals surface area contributed by atoms with Gasteiger partial charge in [0.15, 0.2) is 0 Å². The summed E-state index contributed by atoms with van der Waals surface area (Å²) in [4.78, 5) is 21.0. The van der Waals surface area contributed by atoms with E-state index in [1.807, 2.05) is 60.7 Å². The van der Waals surface area contributed by atoms with Crippen LogP contribution in [0, 0.1) is 5.41 Å². The smallest absolute Gasteiger partial charge is 0.316 e. The van der Waals surface area contributed by atoms with E-state index in [1.54, 1.807) is 6.20 Å². The van der Waals surface area contributed by atoms with Crippen molar-refractivity contribution in [3.8, 4) is 28.4 Å². The number of benzene rings is 2. The number of hydrogen-bond acceptors (Lipinski definition) is 4. The first-order valence-electron chi connectivity index (χ1n) is 10.0. The van der Waals surface area contributed by atoms with Gasteiger partial charge in [0.25, 0.3) is 0 Å². The molecule has 1 heterocycles. The minimum atomic E-state index is -0.841. The molecule has 1 aliphatic rings. The molecule has 1 saturated carbocycles. The zero-order chi connectivity index (χ0) is 20.1. The normalized spacial score (nSPS) is 15.6. The Balaban J connectivity index is 1.66. The van der Waals surface area contributed by atoms with Gasteiger partial charge in [0.2, 0.25) is 0 Å². The Hall–Kier alpha value is -3.21. The summed E-state index contributed by atoms with van der Waals surface area (Å²) in [5.74, 6) is -0.790. The molecule has 0 amide bonds. The predicted molar refractivity (Wildman–Crippen MR) is 112 cm³/mol. The Labute approximate surface area is 170 Å². The highest BCUT2D eigenvalue weighted by Crippen LogP contribution is 2.37. The maximum atomic E-state index is 11.9. The summed E-state index contributed by atoms with van der Waals surface area (Å²) < 4.78 is 5.86. The van der Waals surface area contributed by atoms with E-state index in [9.17, 15) is 9.90 Å². The van der Waals surface area contributed by atoms with Crippen molar-refractivity contribution in [1.29, 1.82) is 0 Å². The van der Waals surface area contributed by atoms with Gasteiger partial charge in [0.05, 0.1) is 5.69 Å². The van der Waals surface area contributed by atoms with E-state index in [0.29, 0.717) is 12.8 Å². The highest BCUT2D eigenvalue weighted by Gasteiger charge is 2.40. The van der Waals surface area contributed by atoms with Crippen molar-refractivity contribution in [1.82, 2.24) is 9.97 Å². The number of aliphatic carboxylic acids is 1. The lowest BCUT2D eigenvalue weighted by molar-refractivity contribution is -0.153. The van der Waals surface area contributed by atoms with Crippen LogP contribution in [0.3, 0.4) is 0 Å². The van der Waals surface area contributed by atoms with Crippen LogP contribution in [0.25, 0.3) is 22.4 Å². The minimum Gasteiger partial charge on any atom is -0.481 e. The maximum Gasteiger partial charge on any atom is 0.316 e. The van der Waals surface area contributed by atoms with E-state index in [2.05, 4.69) is 9.97 Å². The lowest BCUT2D eigenvalue weighted by Crippen LogP contribution is -2.39. The van der Waals surface area contributed by atoms with Crippen LogP contribution >= 0.6 is 0 Å². The van der Waals surface area contributed by atoms with Crippen molar-refractivity contribution in [2.24, 2.45) is 5.41 Å². The van der Waals surface area contributed by atoms with Gasteiger partial charge in [-0.25, -0.2) is 4.98 Å². The number of aromatic nitrogens is 2. The molecule has 5 nitrogen and oxygen atoms in total. The van der Waals surface area contributed by atoms with Crippen molar-refractivity contribution in [3.05, 3.63) is 66.9 Å². The number of hydrogen-bond donors (Lipinski definition) is 1. The van der Waals surface area contributed by atoms with E-state index < -0.39 is 11.4 Å². The van der Waals surface area contributed by atoms with Gasteiger partial charge in [0, 0.05) is 17.3 Å². The molecule has 29 heavy (non-hydrogen) atoms. The molecule has 0 atom stereocenters. The van der Waals surface area contributed by atoms with Crippen molar-refractivity contribution >= 4 is 5.97 Å². The summed E-state index contributed by atoms with van der Waals surface area (Å²) in [6.07, 6.45) is 5.94. The van der Waals surface area contributed by atoms with Crippen LogP contribution in [0.2, 0.25) is 0 Å². The molecule has 0 spiro atoms. The monoisotopic (exact) mass is 388 g/mol. The second kappa shape index (κ2) is 8.43. The number of carbonyl (C=O) groups is 1. The standard InChI is InChI=1S/C24H24N2O3/c27-22(28)24(14-8-3-9-15-24)17-29-23-25-16-20(18-10-4-1-5-11-18)21(26-23)19-12-6-2-7-13-19/h1-2,4-7,10-13,16H,3,8-9,14-15,17H2,(H,27,28). The lowest BCUT2D eigenvalue weighted by Gasteiger charge is -2.32. The third kappa shape index (κ3) is 4.14. The van der Waals surface area contributed by atoms with Gasteiger partial charge in [-0.05, 0) is 18.4 Å². The third-order valence-corrected chi connectivity index (χ3v) is 5.64. The molecule has 148 valence electrons. The molecule has 0 aliphatic heterocycles. The predicted octanol–water partition coefficient (Wildman–Crippen LogP) is 5.22. The summed E-state index contributed by atoms with van der Waals surface area (Å²) in [5.41, 5.74) is 2.83. The highest BCUT2D eigenvalue weighted by molar-refractivity contribution is 5.80. The fourth-order valence-electron chi connectivity index (χ4n) is 3.93. The molecule has 2 aromatic carbocycles. The van der Waals surface area contributed by atoms with Gasteiger partial charge < -0.3 is 9.84 Å². The summed E-state index contributed by atoms with van der Waals surface area (Å²) in [6, 6.07) is 20.1. The summed E-state index contributed by atoms with van der Waals surface area (Å²) >= 11 is 0. The van der Waals surface area contributed by atoms with Crippen LogP contribution in [0.1, 0.15) is 32.1 Å². The topological polar surface area (TPSA) is 72.3 Å². The molecule has 1 fully saturated rings. The van der Waals surface area contributed by atoms with Gasteiger partial charge in [0.1, 0.15) is 12.0 Å². The average molecular weight is 388 g/mol. The zero-order valence-electron chi connectivity index (χ0n) is 16.3. The Bertz CT molecular complexity index is 968. The quantitative estimate of drug-likeness (QED) is 0.626. The average Bonchev–Trinajstić information content (AvgIpc) is 2.79. The van der Waals surface area contributed by atoms with E-state index in [1.165, 1.54) is 0 Å². The van der Waals surface area contributed by atoms with Crippen LogP contribution in [0.15, 0.2) is 66.9 Å². The molecule has 0 radical (unpaired) electrons. The van der Waals surface area contributed by atoms with Gasteiger partial charge in [-0.15, -0.1) is 0 Å². The second-order valence-electron chi connectivity index (χ2n) is 7.58. The molecule has 1 aromatic heterocycles. The molecule has 4 rings (SSSR count). The van der Waals surface area contributed by atoms with Crippen molar-refractivity contribution < 1.29 is 14.6 Å². The van der Waals surface area contributed by atoms with E-state index >= 15 is 0 Å². The molecule has 0 saturated heterocycles. The Morgan fingerprint density at radius 2 is 1.55 bits per heavy atom. The van der Waals surface area contributed by atoms with Gasteiger partial charge in [-0.3, -0.25) is 4.79 Å². The highest BCUT2D eigenvalue weighted by atomic mass is 16.5. The molecule has 1 N–H and O–H groups in total. The fourth-order valence-corrected chi connectivity index (χ4v) is 3.93. The van der Waals surface area contributed by atoms with Crippen LogP contribution < -0.4 is 4.74 Å². The van der Waals surface area contributed by atoms with E-state index in [4.69, 9.17) is 4.74 Å². The minimum absolute atomic E-state index is 0.0985. The van der Waals surface area contributed by atoms with Crippen LogP contribution in [0.5, 0.6) is 6.01 Å². The SMILES string of the molecule is O=C(O)C1(COc2ncc(-c3ccccc3)c(-c3ccccc3)n2)CCCCC1. The fraction of sp³-hybridized carbons (Fsp3) is 0.292. The van der Waals surface area contributed by atoms with Crippen LogP contribution in [0.4, 0.5) is 0 Å². The molecule has 1 aliphatic carbocycles. The molecule has 0 unspecified atom stereocenters. The third-order valence-electron chi connectivity index (χ3n) is 5.64. The number of nitrogens with zero attached hydrogens (tertiary/aromatic N) is 2. The van der Waals surface area contributed by atoms with E-state index in [-0.39, 0.29) is 12.6 Å². The Morgan fingerprint density at radius 3 is 2.17 bits per heavy atom. The van der Waals surface area contributed by atoms with Crippen molar-refractivity contribution in [2.75, 3.05) is 6.61 Å². The number of rotatable bonds is 6. The van der Waals surface area contributed by atoms with Crippen LogP contribution in [-0.4, -0.2) is 27.7 Å². The van der Waals surface area contributed by atoms with Gasteiger partial charge in [-0.2, -0.15) is 4.98 Å². The first-order valence-corrected chi connectivity index (χ1v) is 10.0. The molecular formula is C24H24N2O3. The largest absolute Gasteiger partial charge is 0.481 e. The molecule has 3 aromatic rings. The van der Waals surface area contributed by atoms with Gasteiger partial charge in [-0.1, -0.05) is 79.9 Å². The summed E-state index contributed by atoms with van der Waals surface area (Å²) in [6.45, 7) is 0.0985. The Kier molecular flexibility index (Phi) is 5.56. The van der Waals surface area contributed by atoms with Crippen molar-refractivity contribution in [2.45, 2.75) is 32.1 Å². The zero-order valence-corrected chi connectivity index (χ0v) is 16.3. The Morgan fingerprint density at radius 1 is 0.931 bits per heavy atom. The molecular weight excluding hydrogens is 364 g/mol. The second-order valence-corrected chi connectivity index (χ2v) is 7.58. The summed E-state index contributed by atoms with van der Waals surface area (Å²) in [5, 5.41) is 9.77. The number of carboxylic acids is 1. The van der Waals surface area contributed by atoms with Crippen LogP contribution in [-0.2, 0) is 4.79 Å². The first kappa shape index (κ1) is 19.1. The van der Waals surface area contributed by atoms with Gasteiger partial charge >= 0.3 is 12.0 Å². The van der Waals surface area contributed by atoms with Crippen molar-refractivity contribution in [3.63, 3.8) is 0 Å².